The molecule has 0 aromatic carbocycles. The molecule has 2 fully saturated rings. The first-order valence-corrected chi connectivity index (χ1v) is 17.1. The van der Waals surface area contributed by atoms with Crippen LogP contribution in [-0.2, 0) is 45.7 Å². The summed E-state index contributed by atoms with van der Waals surface area (Å²) in [6.45, 7) is 5.15. The van der Waals surface area contributed by atoms with Crippen LogP contribution in [-0.4, -0.2) is 117 Å². The number of aryl methyl sites for hydroxylation is 1. The zero-order valence-electron chi connectivity index (χ0n) is 22.2. The number of sulfonamides is 2. The average molecular weight is 668 g/mol. The van der Waals surface area contributed by atoms with E-state index in [2.05, 4.69) is 15.5 Å². The SMILES string of the molecule is CC(=O)N(C1C(=O)N2CC(CSc3nnnn3CCS(N)(=O)=O)(C(=O)OC(C)(C)C)CS[C@H]12)S(=O)(=O)CC(F)(F)F. The molecule has 2 amide bonds. The summed E-state index contributed by atoms with van der Waals surface area (Å²) >= 11 is 1.89. The molecular formula is C19H28F3N7O8S4. The molecule has 232 valence electrons. The molecule has 3 atom stereocenters. The van der Waals surface area contributed by atoms with Gasteiger partial charge in [0.25, 0.3) is 5.91 Å². The lowest BCUT2D eigenvalue weighted by Crippen LogP contribution is -2.75. The molecule has 0 spiro atoms. The maximum atomic E-state index is 13.4. The number of primary sulfonamides is 1. The zero-order chi connectivity index (χ0) is 31.2. The topological polar surface area (TPSA) is 205 Å². The van der Waals surface area contributed by atoms with Crippen LogP contribution in [0.25, 0.3) is 0 Å². The molecule has 2 aliphatic heterocycles. The number of aromatic nitrogens is 4. The lowest BCUT2D eigenvalue weighted by atomic mass is 9.89. The van der Waals surface area contributed by atoms with Crippen molar-refractivity contribution in [3.05, 3.63) is 0 Å². The van der Waals surface area contributed by atoms with Gasteiger partial charge >= 0.3 is 12.1 Å². The summed E-state index contributed by atoms with van der Waals surface area (Å²) in [6.07, 6.45) is -5.15. The summed E-state index contributed by atoms with van der Waals surface area (Å²) in [5, 5.41) is 15.2. The highest BCUT2D eigenvalue weighted by atomic mass is 32.2. The highest BCUT2D eigenvalue weighted by molar-refractivity contribution is 8.00. The van der Waals surface area contributed by atoms with E-state index >= 15 is 0 Å². The molecule has 22 heteroatoms. The van der Waals surface area contributed by atoms with E-state index in [-0.39, 0.29) is 34.1 Å². The van der Waals surface area contributed by atoms with Gasteiger partial charge in [-0.3, -0.25) is 14.4 Å². The van der Waals surface area contributed by atoms with Crippen LogP contribution in [0.4, 0.5) is 13.2 Å². The third kappa shape index (κ3) is 8.02. The number of tetrazole rings is 1. The van der Waals surface area contributed by atoms with Crippen molar-refractivity contribution >= 4 is 61.4 Å². The fourth-order valence-corrected chi connectivity index (χ4v) is 8.84. The Labute approximate surface area is 242 Å². The number of β-lactam (4-membered cyclic amide) rings is 1. The second-order valence-corrected chi connectivity index (χ2v) is 16.0. The van der Waals surface area contributed by atoms with Crippen molar-refractivity contribution in [1.82, 2.24) is 29.4 Å². The second kappa shape index (κ2) is 11.5. The Morgan fingerprint density at radius 1 is 1.24 bits per heavy atom. The van der Waals surface area contributed by atoms with E-state index in [9.17, 15) is 44.4 Å². The van der Waals surface area contributed by atoms with E-state index in [1.165, 1.54) is 0 Å². The van der Waals surface area contributed by atoms with Gasteiger partial charge in [0.2, 0.25) is 31.1 Å². The third-order valence-corrected chi connectivity index (χ3v) is 11.1. The number of carbonyl (C=O) groups is 3. The molecule has 1 aromatic heterocycles. The minimum Gasteiger partial charge on any atom is -0.459 e. The molecule has 15 nitrogen and oxygen atoms in total. The van der Waals surface area contributed by atoms with Crippen LogP contribution >= 0.6 is 23.5 Å². The number of thioether (sulfide) groups is 2. The van der Waals surface area contributed by atoms with Crippen LogP contribution in [0.2, 0.25) is 0 Å². The zero-order valence-corrected chi connectivity index (χ0v) is 25.5. The molecule has 3 rings (SSSR count). The molecule has 2 unspecified atom stereocenters. The van der Waals surface area contributed by atoms with Crippen LogP contribution in [0.1, 0.15) is 27.7 Å². The Bertz CT molecular complexity index is 1410. The Kier molecular flexibility index (Phi) is 9.34. The molecule has 0 radical (unpaired) electrons. The number of nitrogens with two attached hydrogens (primary N) is 1. The fourth-order valence-electron chi connectivity index (χ4n) is 4.04. The fraction of sp³-hybridized carbons (Fsp3) is 0.789. The number of alkyl halides is 3. The summed E-state index contributed by atoms with van der Waals surface area (Å²) < 4.78 is 93.1. The Balaban J connectivity index is 1.86. The van der Waals surface area contributed by atoms with Gasteiger partial charge in [-0.1, -0.05) is 11.8 Å². The number of esters is 1. The van der Waals surface area contributed by atoms with Crippen LogP contribution in [0.3, 0.4) is 0 Å². The smallest absolute Gasteiger partial charge is 0.404 e. The Morgan fingerprint density at radius 3 is 2.41 bits per heavy atom. The molecule has 2 aliphatic rings. The number of hydrogen-bond acceptors (Lipinski definition) is 13. The van der Waals surface area contributed by atoms with Crippen molar-refractivity contribution in [2.75, 3.05) is 29.6 Å². The van der Waals surface area contributed by atoms with Gasteiger partial charge in [0.05, 0.1) is 12.3 Å². The second-order valence-electron chi connectivity index (χ2n) is 10.4. The predicted octanol–water partition coefficient (Wildman–Crippen LogP) is -0.594. The van der Waals surface area contributed by atoms with Gasteiger partial charge in [0.1, 0.15) is 16.4 Å². The standard InChI is InChI=1S/C19H28F3N7O8S4/c1-11(30)29(41(35,36)10-19(20,21)22)12-13(31)27-7-18(8-38-14(12)27,15(32)37-17(2,3)4)9-39-16-24-25-26-28(16)5-6-40(23,33)34/h12,14H,5-10H2,1-4H3,(H2,23,33,34)/t12?,14-,18?/m1/s1. The number of hydrogen-bond donors (Lipinski definition) is 1. The maximum absolute atomic E-state index is 13.4. The predicted molar refractivity (Wildman–Crippen MR) is 139 cm³/mol. The minimum atomic E-state index is -5.23. The molecule has 1 aromatic rings. The van der Waals surface area contributed by atoms with Crippen molar-refractivity contribution in [2.24, 2.45) is 10.6 Å². The van der Waals surface area contributed by atoms with Crippen LogP contribution in [0.15, 0.2) is 5.16 Å². The van der Waals surface area contributed by atoms with Crippen molar-refractivity contribution < 1.29 is 49.1 Å². The first kappa shape index (κ1) is 33.3. The Hall–Kier alpha value is -2.17. The maximum Gasteiger partial charge on any atom is 0.404 e. The first-order valence-electron chi connectivity index (χ1n) is 11.7. The summed E-state index contributed by atoms with van der Waals surface area (Å²) in [5.74, 6) is -5.83. The van der Waals surface area contributed by atoms with E-state index in [0.717, 1.165) is 40.0 Å². The van der Waals surface area contributed by atoms with Crippen molar-refractivity contribution in [3.63, 3.8) is 0 Å². The number of carbonyl (C=O) groups excluding carboxylic acids is 3. The van der Waals surface area contributed by atoms with Gasteiger partial charge in [-0.05, 0) is 31.2 Å². The van der Waals surface area contributed by atoms with Gasteiger partial charge in [0, 0.05) is 25.0 Å². The first-order chi connectivity index (χ1) is 18.6. The molecule has 0 aliphatic carbocycles. The quantitative estimate of drug-likeness (QED) is 0.188. The lowest BCUT2D eigenvalue weighted by Gasteiger charge is -2.56. The molecule has 2 N–H and O–H groups in total. The highest BCUT2D eigenvalue weighted by Crippen LogP contribution is 2.47. The molecule has 3 heterocycles. The summed E-state index contributed by atoms with van der Waals surface area (Å²) in [7, 11) is -9.06. The summed E-state index contributed by atoms with van der Waals surface area (Å²) in [5.41, 5.74) is -2.35. The van der Waals surface area contributed by atoms with Crippen molar-refractivity contribution in [1.29, 1.82) is 0 Å². The minimum absolute atomic E-state index is 0.0359. The normalized spacial score (nSPS) is 23.5. The molecule has 2 saturated heterocycles. The van der Waals surface area contributed by atoms with Gasteiger partial charge < -0.3 is 9.64 Å². The molecular weight excluding hydrogens is 640 g/mol. The van der Waals surface area contributed by atoms with E-state index in [4.69, 9.17) is 9.88 Å². The summed E-state index contributed by atoms with van der Waals surface area (Å²) in [4.78, 5) is 39.8. The van der Waals surface area contributed by atoms with Crippen LogP contribution < -0.4 is 5.14 Å². The number of halogens is 3. The van der Waals surface area contributed by atoms with E-state index in [1.807, 2.05) is 0 Å². The highest BCUT2D eigenvalue weighted by Gasteiger charge is 2.62. The molecule has 0 saturated carbocycles. The number of rotatable bonds is 10. The van der Waals surface area contributed by atoms with E-state index in [1.54, 1.807) is 20.8 Å². The number of nitrogens with zero attached hydrogens (tertiary/aromatic N) is 6. The van der Waals surface area contributed by atoms with Gasteiger partial charge in [-0.15, -0.1) is 16.9 Å². The van der Waals surface area contributed by atoms with E-state index in [0.29, 0.717) is 0 Å². The monoisotopic (exact) mass is 667 g/mol. The largest absolute Gasteiger partial charge is 0.459 e. The van der Waals surface area contributed by atoms with Crippen LogP contribution in [0.5, 0.6) is 0 Å². The van der Waals surface area contributed by atoms with Gasteiger partial charge in [-0.25, -0.2) is 31.0 Å². The Morgan fingerprint density at radius 2 is 1.88 bits per heavy atom. The third-order valence-electron chi connectivity index (χ3n) is 5.72. The van der Waals surface area contributed by atoms with Crippen molar-refractivity contribution in [3.8, 4) is 0 Å². The summed E-state index contributed by atoms with van der Waals surface area (Å²) in [6, 6.07) is -1.71. The van der Waals surface area contributed by atoms with Crippen LogP contribution in [0, 0.1) is 5.41 Å². The number of ether oxygens (including phenoxy) is 1. The lowest BCUT2D eigenvalue weighted by molar-refractivity contribution is -0.171. The molecule has 0 bridgehead atoms. The van der Waals surface area contributed by atoms with Gasteiger partial charge in [-0.2, -0.15) is 13.2 Å². The molecule has 41 heavy (non-hydrogen) atoms. The van der Waals surface area contributed by atoms with E-state index < -0.39 is 77.9 Å². The van der Waals surface area contributed by atoms with Crippen molar-refractivity contribution in [2.45, 2.75) is 62.6 Å². The number of fused-ring (bicyclic) bond motifs is 1. The van der Waals surface area contributed by atoms with Gasteiger partial charge in [0.15, 0.2) is 11.8 Å². The number of amides is 2. The average Bonchev–Trinajstić information content (AvgIpc) is 3.23.